The number of urea groups is 1. The van der Waals surface area contributed by atoms with Crippen LogP contribution in [0.1, 0.15) is 38.2 Å². The molecule has 1 aromatic rings. The maximum Gasteiger partial charge on any atom is 0.321 e. The van der Waals surface area contributed by atoms with Crippen molar-refractivity contribution in [3.8, 4) is 0 Å². The number of nitrogens with one attached hydrogen (secondary N) is 2. The average molecular weight is 661 g/mol. The number of ether oxygens (including phenoxy) is 2. The van der Waals surface area contributed by atoms with Crippen LogP contribution in [-0.2, 0) is 35.2 Å². The van der Waals surface area contributed by atoms with Crippen LogP contribution in [-0.4, -0.2) is 89.5 Å². The highest BCUT2D eigenvalue weighted by molar-refractivity contribution is 6.07. The molecule has 8 unspecified atom stereocenters. The minimum Gasteiger partial charge on any atom is -0.370 e. The van der Waals surface area contributed by atoms with Crippen molar-refractivity contribution in [2.45, 2.75) is 63.6 Å². The normalized spacial score (nSPS) is 29.9. The molecule has 0 radical (unpaired) electrons. The van der Waals surface area contributed by atoms with Gasteiger partial charge in [-0.15, -0.1) is 13.2 Å². The number of likely N-dealkylation sites (tertiary alicyclic amines) is 2. The minimum atomic E-state index is -0.822. The fourth-order valence-corrected chi connectivity index (χ4v) is 6.95. The summed E-state index contributed by atoms with van der Waals surface area (Å²) < 4.78 is 12.1. The lowest BCUT2D eigenvalue weighted by Gasteiger charge is -2.20. The molecule has 0 saturated carbocycles. The van der Waals surface area contributed by atoms with Crippen LogP contribution in [0.4, 0.5) is 4.79 Å². The first-order valence-electron chi connectivity index (χ1n) is 16.5. The zero-order chi connectivity index (χ0) is 34.4. The van der Waals surface area contributed by atoms with E-state index < -0.39 is 65.9 Å². The molecule has 0 aliphatic carbocycles. The Bertz CT molecular complexity index is 1480. The van der Waals surface area contributed by atoms with E-state index in [-0.39, 0.29) is 37.4 Å². The second-order valence-corrected chi connectivity index (χ2v) is 12.4. The molecule has 256 valence electrons. The van der Waals surface area contributed by atoms with Crippen LogP contribution in [0.5, 0.6) is 0 Å². The zero-order valence-electron chi connectivity index (χ0n) is 27.2. The van der Waals surface area contributed by atoms with Gasteiger partial charge in [0.1, 0.15) is 0 Å². The number of imide groups is 2. The molecule has 4 aliphatic rings. The first kappa shape index (κ1) is 34.7. The largest absolute Gasteiger partial charge is 0.370 e. The molecule has 8 atom stereocenters. The van der Waals surface area contributed by atoms with Crippen LogP contribution < -0.4 is 16.4 Å². The highest BCUT2D eigenvalue weighted by Crippen LogP contribution is 2.44. The Morgan fingerprint density at radius 1 is 0.833 bits per heavy atom. The molecule has 0 bridgehead atoms. The molecule has 4 aliphatic heterocycles. The summed E-state index contributed by atoms with van der Waals surface area (Å²) in [5.74, 6) is -4.68. The maximum absolute atomic E-state index is 13.6. The van der Waals surface area contributed by atoms with Crippen molar-refractivity contribution in [1.29, 1.82) is 0 Å². The standard InChI is InChI=1S/C35H44N6O7/c1-4-7-8-12-17-38-35(46)39-34(36)37-18-19-40-30(42)26-22(5-2)47-24(28(26)31(40)43)15-16-25-29-27(23(6-3)48-25)32(44)41(33(29)45)20-21-13-10-9-11-14-21/h5-6,9-11,13-16,22-29H,2-4,7-8,12,17-20H2,1H3,(H4,36,37,38,39,46)/b16-15-. The lowest BCUT2D eigenvalue weighted by atomic mass is 9.87. The van der Waals surface area contributed by atoms with Gasteiger partial charge in [0.25, 0.3) is 0 Å². The highest BCUT2D eigenvalue weighted by atomic mass is 16.5. The zero-order valence-corrected chi connectivity index (χ0v) is 27.2. The summed E-state index contributed by atoms with van der Waals surface area (Å²) in [5, 5.41) is 5.17. The molecule has 6 amide bonds. The molecule has 0 spiro atoms. The number of hydrogen-bond donors (Lipinski definition) is 3. The third-order valence-corrected chi connectivity index (χ3v) is 9.32. The van der Waals surface area contributed by atoms with Crippen molar-refractivity contribution < 1.29 is 33.4 Å². The van der Waals surface area contributed by atoms with Gasteiger partial charge in [0, 0.05) is 13.1 Å². The van der Waals surface area contributed by atoms with Crippen LogP contribution >= 0.6 is 0 Å². The van der Waals surface area contributed by atoms with Gasteiger partial charge in [0.15, 0.2) is 5.96 Å². The van der Waals surface area contributed by atoms with Gasteiger partial charge in [-0.25, -0.2) is 4.79 Å². The van der Waals surface area contributed by atoms with Crippen molar-refractivity contribution in [1.82, 2.24) is 20.4 Å². The van der Waals surface area contributed by atoms with Crippen LogP contribution in [0.2, 0.25) is 0 Å². The number of nitrogens with two attached hydrogens (primary N) is 1. The van der Waals surface area contributed by atoms with Crippen LogP contribution in [0.25, 0.3) is 0 Å². The van der Waals surface area contributed by atoms with Gasteiger partial charge in [-0.1, -0.05) is 80.8 Å². The molecular formula is C35H44N6O7. The molecule has 4 saturated heterocycles. The predicted molar refractivity (Wildman–Crippen MR) is 177 cm³/mol. The molecule has 5 rings (SSSR count). The van der Waals surface area contributed by atoms with E-state index in [1.165, 1.54) is 17.1 Å². The first-order valence-corrected chi connectivity index (χ1v) is 16.5. The van der Waals surface area contributed by atoms with Crippen molar-refractivity contribution in [3.63, 3.8) is 0 Å². The number of benzene rings is 1. The van der Waals surface area contributed by atoms with Crippen LogP contribution in [0.3, 0.4) is 0 Å². The molecule has 4 N–H and O–H groups in total. The van der Waals surface area contributed by atoms with Gasteiger partial charge >= 0.3 is 6.03 Å². The van der Waals surface area contributed by atoms with Gasteiger partial charge < -0.3 is 20.5 Å². The van der Waals surface area contributed by atoms with E-state index >= 15 is 0 Å². The number of fused-ring (bicyclic) bond motifs is 2. The lowest BCUT2D eigenvalue weighted by Crippen LogP contribution is -2.44. The number of amides is 6. The van der Waals surface area contributed by atoms with E-state index in [9.17, 15) is 24.0 Å². The van der Waals surface area contributed by atoms with Gasteiger partial charge in [-0.2, -0.15) is 0 Å². The Labute approximate surface area is 280 Å². The average Bonchev–Trinajstić information content (AvgIpc) is 3.78. The van der Waals surface area contributed by atoms with E-state index in [2.05, 4.69) is 35.7 Å². The summed E-state index contributed by atoms with van der Waals surface area (Å²) in [5.41, 5.74) is 6.67. The van der Waals surface area contributed by atoms with Gasteiger partial charge in [0.05, 0.1) is 61.2 Å². The molecule has 1 aromatic carbocycles. The quantitative estimate of drug-likeness (QED) is 0.0894. The minimum absolute atomic E-state index is 0.00278. The smallest absolute Gasteiger partial charge is 0.321 e. The summed E-state index contributed by atoms with van der Waals surface area (Å²) in [7, 11) is 0. The van der Waals surface area contributed by atoms with E-state index in [1.54, 1.807) is 12.2 Å². The number of carbonyl (C=O) groups is 5. The number of aliphatic imine (C=N–C) groups is 1. The van der Waals surface area contributed by atoms with E-state index in [0.717, 1.165) is 36.1 Å². The molecule has 4 heterocycles. The third-order valence-electron chi connectivity index (χ3n) is 9.32. The van der Waals surface area contributed by atoms with Crippen LogP contribution in [0, 0.1) is 23.7 Å². The molecule has 48 heavy (non-hydrogen) atoms. The van der Waals surface area contributed by atoms with E-state index in [1.807, 2.05) is 30.3 Å². The van der Waals surface area contributed by atoms with Crippen molar-refractivity contribution in [2.75, 3.05) is 19.6 Å². The van der Waals surface area contributed by atoms with Crippen molar-refractivity contribution in [2.24, 2.45) is 34.4 Å². The SMILES string of the molecule is C=CC1OC(/C=C\C2OC(C=C)C3C(=O)N(Cc4ccccc4)C(=O)C23)C2C(=O)N(CCN=C(N)NC(=O)NCCCCCC)C(=O)C12. The van der Waals surface area contributed by atoms with Crippen molar-refractivity contribution >= 4 is 35.6 Å². The van der Waals surface area contributed by atoms with Gasteiger partial charge in [0.2, 0.25) is 23.6 Å². The first-order chi connectivity index (χ1) is 23.2. The fourth-order valence-electron chi connectivity index (χ4n) is 6.95. The highest BCUT2D eigenvalue weighted by Gasteiger charge is 2.60. The number of carbonyl (C=O) groups excluding carboxylic acids is 5. The molecular weight excluding hydrogens is 616 g/mol. The monoisotopic (exact) mass is 660 g/mol. The summed E-state index contributed by atoms with van der Waals surface area (Å²) in [4.78, 5) is 72.4. The Morgan fingerprint density at radius 2 is 1.38 bits per heavy atom. The van der Waals surface area contributed by atoms with Crippen molar-refractivity contribution in [3.05, 3.63) is 73.4 Å². The Morgan fingerprint density at radius 3 is 1.92 bits per heavy atom. The lowest BCUT2D eigenvalue weighted by molar-refractivity contribution is -0.144. The van der Waals surface area contributed by atoms with E-state index in [0.29, 0.717) is 6.54 Å². The second-order valence-electron chi connectivity index (χ2n) is 12.4. The third kappa shape index (κ3) is 7.12. The molecule has 0 aromatic heterocycles. The maximum atomic E-state index is 13.6. The molecule has 4 fully saturated rings. The number of rotatable bonds is 14. The predicted octanol–water partition coefficient (Wildman–Crippen LogP) is 2.05. The summed E-state index contributed by atoms with van der Waals surface area (Å²) in [6.45, 7) is 10.4. The molecule has 13 heteroatoms. The van der Waals surface area contributed by atoms with E-state index in [4.69, 9.17) is 15.2 Å². The summed E-state index contributed by atoms with van der Waals surface area (Å²) >= 11 is 0. The topological polar surface area (TPSA) is 173 Å². The fraction of sp³-hybridized carbons (Fsp3) is 0.486. The summed E-state index contributed by atoms with van der Waals surface area (Å²) in [6.07, 6.45) is 7.47. The number of unbranched alkanes of at least 4 members (excludes halogenated alkanes) is 3. The van der Waals surface area contributed by atoms with Crippen LogP contribution in [0.15, 0.2) is 72.8 Å². The Hall–Kier alpha value is -4.62. The second kappa shape index (κ2) is 15.5. The summed E-state index contributed by atoms with van der Waals surface area (Å²) in [6, 6.07) is 8.80. The van der Waals surface area contributed by atoms with Gasteiger partial charge in [-0.05, 0) is 12.0 Å². The number of nitrogens with zero attached hydrogens (tertiary/aromatic N) is 3. The van der Waals surface area contributed by atoms with Gasteiger partial charge in [-0.3, -0.25) is 39.3 Å². The number of hydrogen-bond acceptors (Lipinski definition) is 8. The number of guanidine groups is 1. The Kier molecular flexibility index (Phi) is 11.2. The molecule has 13 nitrogen and oxygen atoms in total. The Balaban J connectivity index is 1.21.